The molecule has 0 aliphatic heterocycles. The van der Waals surface area contributed by atoms with Gasteiger partial charge in [-0.25, -0.2) is 0 Å². The van der Waals surface area contributed by atoms with E-state index in [2.05, 4.69) is 71.3 Å². The Hall–Kier alpha value is -0.787. The Labute approximate surface area is 175 Å². The third-order valence-electron chi connectivity index (χ3n) is 5.21. The van der Waals surface area contributed by atoms with Crippen molar-refractivity contribution in [1.29, 1.82) is 0 Å². The van der Waals surface area contributed by atoms with Crippen molar-refractivity contribution in [2.75, 3.05) is 6.61 Å². The summed E-state index contributed by atoms with van der Waals surface area (Å²) in [6, 6.07) is 17.9. The van der Waals surface area contributed by atoms with Gasteiger partial charge in [-0.05, 0) is 0 Å². The Morgan fingerprint density at radius 1 is 1.00 bits per heavy atom. The Bertz CT molecular complexity index is 838. The molecule has 0 radical (unpaired) electrons. The van der Waals surface area contributed by atoms with Crippen LogP contribution in [0.2, 0.25) is 0 Å². The number of allylic oxidation sites excluding steroid dienone is 3. The Morgan fingerprint density at radius 2 is 1.58 bits per heavy atom. The zero-order valence-corrected chi connectivity index (χ0v) is 18.7. The van der Waals surface area contributed by atoms with Crippen LogP contribution in [0.4, 0.5) is 0 Å². The molecule has 1 N–H and O–H groups in total. The third-order valence-corrected chi connectivity index (χ3v) is 12.8. The van der Waals surface area contributed by atoms with E-state index in [9.17, 15) is 5.11 Å². The third kappa shape index (κ3) is 3.62. The van der Waals surface area contributed by atoms with Crippen molar-refractivity contribution < 1.29 is 51.2 Å². The summed E-state index contributed by atoms with van der Waals surface area (Å²) in [7, 11) is 0. The van der Waals surface area contributed by atoms with Gasteiger partial charge in [0.15, 0.2) is 0 Å². The van der Waals surface area contributed by atoms with Gasteiger partial charge in [-0.2, -0.15) is 0 Å². The van der Waals surface area contributed by atoms with E-state index >= 15 is 0 Å². The average molecular weight is 465 g/mol. The molecule has 2 aliphatic rings. The van der Waals surface area contributed by atoms with E-state index in [1.165, 1.54) is 27.8 Å². The summed E-state index contributed by atoms with van der Waals surface area (Å²) in [5, 5.41) is 9.42. The van der Waals surface area contributed by atoms with Gasteiger partial charge < -0.3 is 24.8 Å². The molecular formula is C22H22Cl2OZr. The van der Waals surface area contributed by atoms with Crippen LogP contribution in [0, 0.1) is 0 Å². The van der Waals surface area contributed by atoms with Gasteiger partial charge in [0.05, 0.1) is 0 Å². The van der Waals surface area contributed by atoms with E-state index in [0.29, 0.717) is 3.63 Å². The zero-order valence-electron chi connectivity index (χ0n) is 14.8. The fraction of sp³-hybridized carbons (Fsp3) is 0.227. The maximum Gasteiger partial charge on any atom is -1.00 e. The average Bonchev–Trinajstić information content (AvgIpc) is 3.20. The molecule has 134 valence electrons. The predicted octanol–water partition coefficient (Wildman–Crippen LogP) is -1.20. The van der Waals surface area contributed by atoms with Crippen LogP contribution in [0.25, 0.3) is 11.1 Å². The fourth-order valence-electron chi connectivity index (χ4n) is 4.21. The van der Waals surface area contributed by atoms with Crippen molar-refractivity contribution in [2.24, 2.45) is 0 Å². The molecule has 2 aromatic rings. The molecule has 0 saturated carbocycles. The Balaban J connectivity index is 0.00000121. The summed E-state index contributed by atoms with van der Waals surface area (Å²) in [6.07, 6.45) is 6.44. The quantitative estimate of drug-likeness (QED) is 0.603. The number of fused-ring (bicyclic) bond motifs is 3. The van der Waals surface area contributed by atoms with Gasteiger partial charge >= 0.3 is 152 Å². The molecule has 1 nitrogen and oxygen atoms in total. The minimum absolute atomic E-state index is 0. The van der Waals surface area contributed by atoms with E-state index < -0.39 is 21.3 Å². The number of benzene rings is 2. The van der Waals surface area contributed by atoms with Crippen LogP contribution >= 0.6 is 0 Å². The van der Waals surface area contributed by atoms with Gasteiger partial charge in [0.25, 0.3) is 0 Å². The van der Waals surface area contributed by atoms with Crippen molar-refractivity contribution in [1.82, 2.24) is 0 Å². The van der Waals surface area contributed by atoms with Crippen molar-refractivity contribution in [2.45, 2.75) is 23.4 Å². The van der Waals surface area contributed by atoms with Gasteiger partial charge in [-0.1, -0.05) is 0 Å². The van der Waals surface area contributed by atoms with Gasteiger partial charge in [0, 0.05) is 0 Å². The van der Waals surface area contributed by atoms with Crippen LogP contribution in [0.1, 0.15) is 34.5 Å². The first kappa shape index (κ1) is 21.5. The van der Waals surface area contributed by atoms with Crippen molar-refractivity contribution in [3.63, 3.8) is 0 Å². The molecule has 2 aliphatic carbocycles. The van der Waals surface area contributed by atoms with E-state index in [0.717, 1.165) is 12.8 Å². The summed E-state index contributed by atoms with van der Waals surface area (Å²) >= 11 is -2.00. The second kappa shape index (κ2) is 9.42. The van der Waals surface area contributed by atoms with E-state index in [-0.39, 0.29) is 31.4 Å². The van der Waals surface area contributed by atoms with Crippen molar-refractivity contribution >= 4 is 3.71 Å². The maximum absolute atomic E-state index is 9.42. The van der Waals surface area contributed by atoms with Crippen LogP contribution in [0.5, 0.6) is 0 Å². The first-order chi connectivity index (χ1) is 11.8. The molecule has 0 unspecified atom stereocenters. The van der Waals surface area contributed by atoms with E-state index in [1.54, 1.807) is 3.28 Å². The summed E-state index contributed by atoms with van der Waals surface area (Å²) in [5.41, 5.74) is 7.30. The number of aliphatic hydroxyl groups is 1. The molecule has 0 bridgehead atoms. The summed E-state index contributed by atoms with van der Waals surface area (Å²) in [5.74, 6) is 0. The molecule has 0 fully saturated rings. The second-order valence-electron chi connectivity index (χ2n) is 6.44. The molecule has 2 aromatic carbocycles. The molecule has 4 rings (SSSR count). The minimum Gasteiger partial charge on any atom is -1.00 e. The minimum atomic E-state index is -2.00. The first-order valence-electron chi connectivity index (χ1n) is 8.69. The molecule has 0 amide bonds. The monoisotopic (exact) mass is 462 g/mol. The zero-order chi connectivity index (χ0) is 16.5. The van der Waals surface area contributed by atoms with Gasteiger partial charge in [-0.3, -0.25) is 0 Å². The number of hydrogen-bond donors (Lipinski definition) is 1. The fourth-order valence-corrected chi connectivity index (χ4v) is 11.9. The van der Waals surface area contributed by atoms with Crippen LogP contribution in [0.3, 0.4) is 0 Å². The summed E-state index contributed by atoms with van der Waals surface area (Å²) < 4.78 is 4.80. The van der Waals surface area contributed by atoms with Gasteiger partial charge in [0.2, 0.25) is 0 Å². The van der Waals surface area contributed by atoms with E-state index in [1.807, 2.05) is 0 Å². The number of rotatable bonds is 4. The summed E-state index contributed by atoms with van der Waals surface area (Å²) in [4.78, 5) is 0. The maximum atomic E-state index is 9.42. The molecule has 0 spiro atoms. The molecular weight excluding hydrogens is 442 g/mol. The van der Waals surface area contributed by atoms with E-state index in [4.69, 9.17) is 0 Å². The number of hydrogen-bond acceptors (Lipinski definition) is 1. The molecule has 4 heteroatoms. The SMILES string of the molecule is C[CH]=[Zr+2]([C]1=C(CCO)C=CC1)[CH]1c2ccccc2-c2ccccc21.[Cl-].[Cl-]. The topological polar surface area (TPSA) is 20.2 Å². The summed E-state index contributed by atoms with van der Waals surface area (Å²) in [6.45, 7) is 2.52. The van der Waals surface area contributed by atoms with Crippen molar-refractivity contribution in [3.05, 3.63) is 80.7 Å². The smallest absolute Gasteiger partial charge is 1.00 e. The normalized spacial score (nSPS) is 14.7. The number of aliphatic hydroxyl groups excluding tert-OH is 1. The standard InChI is InChI=1S/C13H9.C7H9O.C2H4.2ClH.Zr/c1-3-7-12-10(5-1)9-11-6-2-4-8-13(11)12;8-6-5-7-3-1-2-4-7;1-2;;;/h1-9H;1,3,8H,2,5-6H2;1H,2H3;2*1H;/q;;;;;+2/p-2. The second-order valence-corrected chi connectivity index (χ2v) is 13.0. The van der Waals surface area contributed by atoms with Crippen LogP contribution in [0.15, 0.2) is 69.5 Å². The molecule has 0 heterocycles. The molecule has 26 heavy (non-hydrogen) atoms. The van der Waals surface area contributed by atoms with Crippen LogP contribution in [-0.4, -0.2) is 15.4 Å². The molecule has 0 aromatic heterocycles. The Morgan fingerprint density at radius 3 is 2.12 bits per heavy atom. The van der Waals surface area contributed by atoms with Crippen molar-refractivity contribution in [3.8, 4) is 11.1 Å². The first-order valence-corrected chi connectivity index (χ1v) is 12.8. The molecule has 0 saturated heterocycles. The van der Waals surface area contributed by atoms with Gasteiger partial charge in [0.1, 0.15) is 0 Å². The van der Waals surface area contributed by atoms with Crippen LogP contribution < -0.4 is 24.8 Å². The predicted molar refractivity (Wildman–Crippen MR) is 97.9 cm³/mol. The largest absolute Gasteiger partial charge is 1.00 e. The Kier molecular flexibility index (Phi) is 7.80. The molecule has 0 atom stereocenters. The number of halogens is 2. The van der Waals surface area contributed by atoms with Crippen LogP contribution in [-0.2, 0) is 21.3 Å². The van der Waals surface area contributed by atoms with Gasteiger partial charge in [-0.15, -0.1) is 0 Å².